The van der Waals surface area contributed by atoms with Gasteiger partial charge in [0.05, 0.1) is 23.3 Å². The summed E-state index contributed by atoms with van der Waals surface area (Å²) in [6, 6.07) is 12.2. The van der Waals surface area contributed by atoms with Crippen LogP contribution in [0.15, 0.2) is 48.5 Å². The zero-order chi connectivity index (χ0) is 18.6. The summed E-state index contributed by atoms with van der Waals surface area (Å²) in [6.45, 7) is 0. The number of nitro groups is 1. The van der Waals surface area contributed by atoms with Crippen LogP contribution in [0, 0.1) is 10.1 Å². The second-order valence-corrected chi connectivity index (χ2v) is 7.44. The van der Waals surface area contributed by atoms with Crippen molar-refractivity contribution in [3.8, 4) is 0 Å². The average Bonchev–Trinajstić information content (AvgIpc) is 2.54. The van der Waals surface area contributed by atoms with E-state index in [1.807, 2.05) is 0 Å². The van der Waals surface area contributed by atoms with E-state index in [0.29, 0.717) is 16.9 Å². The summed E-state index contributed by atoms with van der Waals surface area (Å²) in [6.07, 6.45) is 1.17. The van der Waals surface area contributed by atoms with E-state index in [0.717, 1.165) is 10.6 Å². The number of nitrogens with one attached hydrogen (secondary N) is 1. The van der Waals surface area contributed by atoms with Gasteiger partial charge >= 0.3 is 0 Å². The lowest BCUT2D eigenvalue weighted by atomic mass is 10.1. The number of nitrogens with zero attached hydrogens (tertiary/aromatic N) is 2. The van der Waals surface area contributed by atoms with E-state index < -0.39 is 14.9 Å². The third-order valence-electron chi connectivity index (χ3n) is 3.50. The van der Waals surface area contributed by atoms with Crippen molar-refractivity contribution in [3.63, 3.8) is 0 Å². The van der Waals surface area contributed by atoms with Gasteiger partial charge in [-0.15, -0.1) is 0 Å². The van der Waals surface area contributed by atoms with Crippen LogP contribution in [-0.2, 0) is 21.2 Å². The van der Waals surface area contributed by atoms with Crippen molar-refractivity contribution in [2.24, 2.45) is 0 Å². The molecule has 132 valence electrons. The van der Waals surface area contributed by atoms with Crippen molar-refractivity contribution < 1.29 is 18.1 Å². The van der Waals surface area contributed by atoms with E-state index >= 15 is 0 Å². The molecule has 0 radical (unpaired) electrons. The number of rotatable bonds is 6. The summed E-state index contributed by atoms with van der Waals surface area (Å²) in [5.74, 6) is -0.329. The van der Waals surface area contributed by atoms with Gasteiger partial charge in [0, 0.05) is 24.9 Å². The zero-order valence-corrected chi connectivity index (χ0v) is 14.5. The van der Waals surface area contributed by atoms with Crippen LogP contribution < -0.4 is 9.62 Å². The lowest BCUT2D eigenvalue weighted by Gasteiger charge is -2.16. The summed E-state index contributed by atoms with van der Waals surface area (Å²) in [5, 5.41) is 13.3. The Labute approximate surface area is 145 Å². The molecule has 25 heavy (non-hydrogen) atoms. The predicted molar refractivity (Wildman–Crippen MR) is 95.1 cm³/mol. The molecule has 0 atom stereocenters. The Balaban J connectivity index is 2.04. The Hall–Kier alpha value is -2.94. The van der Waals surface area contributed by atoms with Gasteiger partial charge in [0.15, 0.2) is 0 Å². The maximum atomic E-state index is 12.1. The maximum absolute atomic E-state index is 12.1. The molecule has 0 fully saturated rings. The minimum Gasteiger partial charge on any atom is -0.326 e. The summed E-state index contributed by atoms with van der Waals surface area (Å²) in [5.41, 5.74) is 1.41. The standard InChI is InChI=1S/C16H17N3O5S/c1-18(25(2,23)24)14-8-6-12(7-9-14)10-16(20)17-13-4-3-5-15(11-13)19(21)22/h3-9,11H,10H2,1-2H3,(H,17,20). The highest BCUT2D eigenvalue weighted by atomic mass is 32.2. The first-order valence-corrected chi connectivity index (χ1v) is 9.09. The zero-order valence-electron chi connectivity index (χ0n) is 13.7. The highest BCUT2D eigenvalue weighted by Crippen LogP contribution is 2.19. The van der Waals surface area contributed by atoms with E-state index in [1.54, 1.807) is 30.3 Å². The number of anilines is 2. The van der Waals surface area contributed by atoms with Crippen molar-refractivity contribution in [1.29, 1.82) is 0 Å². The van der Waals surface area contributed by atoms with Crippen molar-refractivity contribution in [2.75, 3.05) is 22.9 Å². The van der Waals surface area contributed by atoms with Crippen LogP contribution in [0.3, 0.4) is 0 Å². The Bertz CT molecular complexity index is 894. The van der Waals surface area contributed by atoms with E-state index in [2.05, 4.69) is 5.32 Å². The van der Waals surface area contributed by atoms with Gasteiger partial charge in [-0.05, 0) is 23.8 Å². The molecule has 0 unspecified atom stereocenters. The molecule has 0 saturated carbocycles. The maximum Gasteiger partial charge on any atom is 0.271 e. The largest absolute Gasteiger partial charge is 0.326 e. The fourth-order valence-electron chi connectivity index (χ4n) is 2.10. The van der Waals surface area contributed by atoms with Crippen LogP contribution in [0.5, 0.6) is 0 Å². The second-order valence-electron chi connectivity index (χ2n) is 5.43. The van der Waals surface area contributed by atoms with Crippen LogP contribution in [-0.4, -0.2) is 32.6 Å². The number of sulfonamides is 1. The van der Waals surface area contributed by atoms with E-state index in [4.69, 9.17) is 0 Å². The van der Waals surface area contributed by atoms with Crippen LogP contribution in [0.1, 0.15) is 5.56 Å². The Morgan fingerprint density at radius 1 is 1.20 bits per heavy atom. The van der Waals surface area contributed by atoms with E-state index in [1.165, 1.54) is 25.2 Å². The third-order valence-corrected chi connectivity index (χ3v) is 4.71. The summed E-state index contributed by atoms with van der Waals surface area (Å²) >= 11 is 0. The number of carbonyl (C=O) groups excluding carboxylic acids is 1. The number of hydrogen-bond donors (Lipinski definition) is 1. The Morgan fingerprint density at radius 3 is 2.40 bits per heavy atom. The number of nitro benzene ring substituents is 1. The number of non-ortho nitro benzene ring substituents is 1. The summed E-state index contributed by atoms with van der Waals surface area (Å²) < 4.78 is 24.1. The minimum atomic E-state index is -3.34. The molecule has 0 aromatic heterocycles. The number of amides is 1. The first kappa shape index (κ1) is 18.4. The highest BCUT2D eigenvalue weighted by molar-refractivity contribution is 7.92. The van der Waals surface area contributed by atoms with Crippen molar-refractivity contribution >= 4 is 33.0 Å². The van der Waals surface area contributed by atoms with E-state index in [9.17, 15) is 23.3 Å². The van der Waals surface area contributed by atoms with Gasteiger partial charge in [0.25, 0.3) is 5.69 Å². The quantitative estimate of drug-likeness (QED) is 0.625. The van der Waals surface area contributed by atoms with Crippen molar-refractivity contribution in [2.45, 2.75) is 6.42 Å². The molecule has 0 heterocycles. The molecule has 2 aromatic rings. The van der Waals surface area contributed by atoms with E-state index in [-0.39, 0.29) is 18.0 Å². The molecule has 0 aliphatic heterocycles. The molecule has 8 nitrogen and oxygen atoms in total. The van der Waals surface area contributed by atoms with Gasteiger partial charge < -0.3 is 5.32 Å². The molecule has 0 aliphatic rings. The van der Waals surface area contributed by atoms with Gasteiger partial charge in [-0.2, -0.15) is 0 Å². The van der Waals surface area contributed by atoms with Gasteiger partial charge in [0.1, 0.15) is 0 Å². The lowest BCUT2D eigenvalue weighted by molar-refractivity contribution is -0.384. The topological polar surface area (TPSA) is 110 Å². The number of benzene rings is 2. The Morgan fingerprint density at radius 2 is 1.84 bits per heavy atom. The van der Waals surface area contributed by atoms with Crippen molar-refractivity contribution in [3.05, 3.63) is 64.2 Å². The van der Waals surface area contributed by atoms with Gasteiger partial charge in [-0.25, -0.2) is 8.42 Å². The molecule has 9 heteroatoms. The lowest BCUT2D eigenvalue weighted by Crippen LogP contribution is -2.24. The van der Waals surface area contributed by atoms with Gasteiger partial charge in [0.2, 0.25) is 15.9 Å². The molecule has 0 bridgehead atoms. The molecule has 1 N–H and O–H groups in total. The van der Waals surface area contributed by atoms with Crippen LogP contribution in [0.2, 0.25) is 0 Å². The number of carbonyl (C=O) groups is 1. The first-order valence-electron chi connectivity index (χ1n) is 7.24. The normalized spacial score (nSPS) is 11.0. The molecule has 1 amide bonds. The van der Waals surface area contributed by atoms with Crippen LogP contribution in [0.4, 0.5) is 17.1 Å². The highest BCUT2D eigenvalue weighted by Gasteiger charge is 2.12. The molecule has 0 saturated heterocycles. The number of hydrogen-bond acceptors (Lipinski definition) is 5. The molecule has 0 aliphatic carbocycles. The SMILES string of the molecule is CN(c1ccc(CC(=O)Nc2cccc([N+](=O)[O-])c2)cc1)S(C)(=O)=O. The van der Waals surface area contributed by atoms with Crippen LogP contribution >= 0.6 is 0 Å². The van der Waals surface area contributed by atoms with Crippen LogP contribution in [0.25, 0.3) is 0 Å². The first-order chi connectivity index (χ1) is 11.7. The Kier molecular flexibility index (Phi) is 5.38. The monoisotopic (exact) mass is 363 g/mol. The van der Waals surface area contributed by atoms with Gasteiger partial charge in [-0.1, -0.05) is 18.2 Å². The molecular weight excluding hydrogens is 346 g/mol. The molecule has 2 rings (SSSR count). The smallest absolute Gasteiger partial charge is 0.271 e. The molecule has 2 aromatic carbocycles. The fraction of sp³-hybridized carbons (Fsp3) is 0.188. The second kappa shape index (κ2) is 7.31. The van der Waals surface area contributed by atoms with Crippen molar-refractivity contribution in [1.82, 2.24) is 0 Å². The summed E-state index contributed by atoms with van der Waals surface area (Å²) in [7, 11) is -1.90. The average molecular weight is 363 g/mol. The summed E-state index contributed by atoms with van der Waals surface area (Å²) in [4.78, 5) is 22.3. The minimum absolute atomic E-state index is 0.0611. The molecular formula is C16H17N3O5S. The molecule has 0 spiro atoms. The third kappa shape index (κ3) is 5.01. The fourth-order valence-corrected chi connectivity index (χ4v) is 2.61. The van der Waals surface area contributed by atoms with Gasteiger partial charge in [-0.3, -0.25) is 19.2 Å². The predicted octanol–water partition coefficient (Wildman–Crippen LogP) is 2.17.